The van der Waals surface area contributed by atoms with E-state index in [4.69, 9.17) is 5.73 Å². The number of halogens is 3. The molecule has 0 aliphatic heterocycles. The third kappa shape index (κ3) is 6.37. The van der Waals surface area contributed by atoms with Crippen molar-refractivity contribution < 1.29 is 18.0 Å². The second-order valence-corrected chi connectivity index (χ2v) is 7.43. The van der Waals surface area contributed by atoms with E-state index in [-0.39, 0.29) is 13.0 Å². The average molecular weight is 394 g/mol. The molecule has 1 aromatic heterocycles. The van der Waals surface area contributed by atoms with Gasteiger partial charge in [-0.1, -0.05) is 30.3 Å². The van der Waals surface area contributed by atoms with Gasteiger partial charge in [0.05, 0.1) is 24.5 Å². The molecule has 1 aliphatic rings. The first-order chi connectivity index (χ1) is 13.3. The van der Waals surface area contributed by atoms with Gasteiger partial charge in [-0.25, -0.2) is 4.98 Å². The number of nitrogens with two attached hydrogens (primary N) is 1. The number of imidazole rings is 1. The van der Waals surface area contributed by atoms with E-state index < -0.39 is 24.5 Å². The van der Waals surface area contributed by atoms with Gasteiger partial charge in [0.15, 0.2) is 0 Å². The highest BCUT2D eigenvalue weighted by Gasteiger charge is 2.33. The molecule has 1 atom stereocenters. The van der Waals surface area contributed by atoms with Crippen molar-refractivity contribution >= 4 is 5.91 Å². The highest BCUT2D eigenvalue weighted by Crippen LogP contribution is 2.30. The second kappa shape index (κ2) is 8.77. The van der Waals surface area contributed by atoms with Gasteiger partial charge >= 0.3 is 6.18 Å². The van der Waals surface area contributed by atoms with Gasteiger partial charge in [0.25, 0.3) is 0 Å². The third-order valence-electron chi connectivity index (χ3n) is 4.79. The number of carbonyl (C=O) groups excluding carboxylic acids is 1. The summed E-state index contributed by atoms with van der Waals surface area (Å²) in [4.78, 5) is 18.2. The van der Waals surface area contributed by atoms with Crippen LogP contribution < -0.4 is 5.73 Å². The molecular formula is C20H25F3N4O. The second-order valence-electron chi connectivity index (χ2n) is 7.43. The molecule has 28 heavy (non-hydrogen) atoms. The van der Waals surface area contributed by atoms with Crippen LogP contribution >= 0.6 is 0 Å². The Balaban J connectivity index is 1.57. The highest BCUT2D eigenvalue weighted by atomic mass is 19.4. The monoisotopic (exact) mass is 394 g/mol. The largest absolute Gasteiger partial charge is 0.390 e. The quantitative estimate of drug-likeness (QED) is 0.711. The molecule has 2 N–H and O–H groups in total. The maximum absolute atomic E-state index is 12.6. The molecule has 3 rings (SSSR count). The van der Waals surface area contributed by atoms with Gasteiger partial charge < -0.3 is 15.2 Å². The maximum Gasteiger partial charge on any atom is 0.390 e. The third-order valence-corrected chi connectivity index (χ3v) is 4.79. The summed E-state index contributed by atoms with van der Waals surface area (Å²) < 4.78 is 39.6. The van der Waals surface area contributed by atoms with E-state index in [0.717, 1.165) is 18.4 Å². The van der Waals surface area contributed by atoms with Gasteiger partial charge in [-0.3, -0.25) is 4.79 Å². The number of hydrogen-bond donors (Lipinski definition) is 1. The molecule has 8 heteroatoms. The molecule has 0 spiro atoms. The minimum absolute atomic E-state index is 0.202. The molecule has 1 aliphatic carbocycles. The van der Waals surface area contributed by atoms with Crippen molar-refractivity contribution in [3.05, 3.63) is 54.1 Å². The first-order valence-electron chi connectivity index (χ1n) is 9.46. The maximum atomic E-state index is 12.6. The van der Waals surface area contributed by atoms with Crippen LogP contribution in [0, 0.1) is 5.92 Å². The van der Waals surface area contributed by atoms with Gasteiger partial charge in [0, 0.05) is 32.3 Å². The zero-order chi connectivity index (χ0) is 20.1. The molecule has 5 nitrogen and oxygen atoms in total. The van der Waals surface area contributed by atoms with Crippen LogP contribution in [0.2, 0.25) is 0 Å². The van der Waals surface area contributed by atoms with Gasteiger partial charge in [-0.2, -0.15) is 13.2 Å². The number of amides is 1. The minimum Gasteiger partial charge on any atom is -0.341 e. The smallest absolute Gasteiger partial charge is 0.341 e. The molecule has 1 saturated carbocycles. The van der Waals surface area contributed by atoms with E-state index in [1.165, 1.54) is 4.90 Å². The summed E-state index contributed by atoms with van der Waals surface area (Å²) >= 11 is 0. The van der Waals surface area contributed by atoms with Crippen molar-refractivity contribution in [2.24, 2.45) is 11.7 Å². The normalized spacial score (nSPS) is 15.4. The van der Waals surface area contributed by atoms with Crippen molar-refractivity contribution in [2.45, 2.75) is 44.4 Å². The summed E-state index contributed by atoms with van der Waals surface area (Å²) in [5, 5.41) is 0. The fraction of sp³-hybridized carbons (Fsp3) is 0.500. The zero-order valence-corrected chi connectivity index (χ0v) is 15.6. The van der Waals surface area contributed by atoms with Crippen molar-refractivity contribution in [2.75, 3.05) is 13.1 Å². The van der Waals surface area contributed by atoms with E-state index in [1.807, 2.05) is 41.1 Å². The predicted molar refractivity (Wildman–Crippen MR) is 99.4 cm³/mol. The Kier molecular flexibility index (Phi) is 6.39. The lowest BCUT2D eigenvalue weighted by atomic mass is 10.1. The van der Waals surface area contributed by atoms with E-state index in [2.05, 4.69) is 4.98 Å². The lowest BCUT2D eigenvalue weighted by Gasteiger charge is -2.26. The van der Waals surface area contributed by atoms with Gasteiger partial charge in [-0.05, 0) is 24.3 Å². The molecule has 1 amide bonds. The summed E-state index contributed by atoms with van der Waals surface area (Å²) in [5.74, 6) is -0.136. The molecular weight excluding hydrogens is 369 g/mol. The van der Waals surface area contributed by atoms with Crippen LogP contribution in [0.1, 0.15) is 30.5 Å². The Bertz CT molecular complexity index is 771. The number of nitrogens with zero attached hydrogens (tertiary/aromatic N) is 3. The van der Waals surface area contributed by atoms with Crippen LogP contribution in [-0.4, -0.2) is 45.7 Å². The molecule has 1 heterocycles. The van der Waals surface area contributed by atoms with Crippen LogP contribution in [-0.2, 0) is 17.8 Å². The zero-order valence-electron chi connectivity index (χ0n) is 15.6. The van der Waals surface area contributed by atoms with Crippen molar-refractivity contribution in [3.8, 4) is 0 Å². The first-order valence-corrected chi connectivity index (χ1v) is 9.46. The number of aromatic nitrogens is 2. The molecule has 0 radical (unpaired) electrons. The van der Waals surface area contributed by atoms with Gasteiger partial charge in [0.1, 0.15) is 0 Å². The average Bonchev–Trinajstić information content (AvgIpc) is 3.37. The van der Waals surface area contributed by atoms with Crippen LogP contribution in [0.25, 0.3) is 0 Å². The lowest BCUT2D eigenvalue weighted by Crippen LogP contribution is -2.46. The Morgan fingerprint density at radius 3 is 2.64 bits per heavy atom. The summed E-state index contributed by atoms with van der Waals surface area (Å²) in [7, 11) is 0. The van der Waals surface area contributed by atoms with Gasteiger partial charge in [-0.15, -0.1) is 0 Å². The molecule has 1 aromatic carbocycles. The van der Waals surface area contributed by atoms with Crippen LogP contribution in [0.5, 0.6) is 0 Å². The molecule has 152 valence electrons. The Morgan fingerprint density at radius 1 is 1.29 bits per heavy atom. The molecule has 0 saturated heterocycles. The summed E-state index contributed by atoms with van der Waals surface area (Å²) in [6, 6.07) is 8.97. The van der Waals surface area contributed by atoms with E-state index >= 15 is 0 Å². The fourth-order valence-corrected chi connectivity index (χ4v) is 3.10. The molecule has 1 fully saturated rings. The molecule has 0 bridgehead atoms. The molecule has 0 unspecified atom stereocenters. The van der Waals surface area contributed by atoms with Gasteiger partial charge in [0.2, 0.25) is 5.91 Å². The van der Waals surface area contributed by atoms with E-state index in [1.54, 1.807) is 6.33 Å². The van der Waals surface area contributed by atoms with Crippen LogP contribution in [0.15, 0.2) is 42.9 Å². The SMILES string of the molecule is N[C@@H](Cc1cn(Cc2ccccc2)cn1)C(=O)N(CCC(F)(F)F)CC1CC1. The Labute approximate surface area is 162 Å². The number of carbonyl (C=O) groups is 1. The number of alkyl halides is 3. The number of rotatable bonds is 9. The van der Waals surface area contributed by atoms with E-state index in [0.29, 0.717) is 24.7 Å². The van der Waals surface area contributed by atoms with Crippen LogP contribution in [0.3, 0.4) is 0 Å². The topological polar surface area (TPSA) is 64.2 Å². The predicted octanol–water partition coefficient (Wildman–Crippen LogP) is 2.99. The van der Waals surface area contributed by atoms with Crippen molar-refractivity contribution in [1.29, 1.82) is 0 Å². The Hall–Kier alpha value is -2.35. The fourth-order valence-electron chi connectivity index (χ4n) is 3.10. The van der Waals surface area contributed by atoms with Crippen molar-refractivity contribution in [1.82, 2.24) is 14.5 Å². The minimum atomic E-state index is -4.29. The van der Waals surface area contributed by atoms with Crippen molar-refractivity contribution in [3.63, 3.8) is 0 Å². The van der Waals surface area contributed by atoms with Crippen LogP contribution in [0.4, 0.5) is 13.2 Å². The lowest BCUT2D eigenvalue weighted by molar-refractivity contribution is -0.146. The summed E-state index contributed by atoms with van der Waals surface area (Å²) in [6.07, 6.45) is 0.302. The van der Waals surface area contributed by atoms with E-state index in [9.17, 15) is 18.0 Å². The molecule has 2 aromatic rings. The summed E-state index contributed by atoms with van der Waals surface area (Å²) in [6.45, 7) is 0.663. The number of hydrogen-bond acceptors (Lipinski definition) is 3. The highest BCUT2D eigenvalue weighted by molar-refractivity contribution is 5.82. The standard InChI is InChI=1S/C20H25F3N4O/c21-20(22,23)8-9-27(12-16-6-7-16)19(28)18(24)10-17-13-26(14-25-17)11-15-4-2-1-3-5-15/h1-5,13-14,16,18H,6-12,24H2/t18-/m0/s1. The summed E-state index contributed by atoms with van der Waals surface area (Å²) in [5.41, 5.74) is 7.80. The Morgan fingerprint density at radius 2 is 2.00 bits per heavy atom. The number of benzene rings is 1. The first kappa shape index (κ1) is 20.4.